The predicted octanol–water partition coefficient (Wildman–Crippen LogP) is 5.52. The Morgan fingerprint density at radius 3 is 2.27 bits per heavy atom. The molecule has 2 aromatic carbocycles. The van der Waals surface area contributed by atoms with Gasteiger partial charge in [0.25, 0.3) is 0 Å². The molecule has 0 saturated heterocycles. The number of nitrogens with two attached hydrogens (primary N) is 1. The van der Waals surface area contributed by atoms with Gasteiger partial charge in [-0.1, -0.05) is 70.2 Å². The van der Waals surface area contributed by atoms with Crippen LogP contribution in [0.4, 0.5) is 5.69 Å². The molecule has 0 radical (unpaired) electrons. The lowest BCUT2D eigenvalue weighted by Crippen LogP contribution is -2.53. The molecule has 0 amide bonds. The van der Waals surface area contributed by atoms with E-state index < -0.39 is 0 Å². The van der Waals surface area contributed by atoms with E-state index in [1.807, 2.05) is 0 Å². The Morgan fingerprint density at radius 1 is 1.04 bits per heavy atom. The highest BCUT2D eigenvalue weighted by Crippen LogP contribution is 2.36. The largest absolute Gasteiger partial charge is 0.382 e. The van der Waals surface area contributed by atoms with Gasteiger partial charge in [-0.25, -0.2) is 0 Å². The molecule has 26 heavy (non-hydrogen) atoms. The van der Waals surface area contributed by atoms with Crippen LogP contribution in [0.5, 0.6) is 0 Å². The van der Waals surface area contributed by atoms with Crippen LogP contribution < -0.4 is 11.1 Å². The summed E-state index contributed by atoms with van der Waals surface area (Å²) >= 11 is 0. The molecular formula is C24H34N2. The van der Waals surface area contributed by atoms with Crippen LogP contribution in [0.3, 0.4) is 0 Å². The maximum atomic E-state index is 6.83. The molecule has 3 atom stereocenters. The van der Waals surface area contributed by atoms with Crippen molar-refractivity contribution >= 4 is 5.69 Å². The van der Waals surface area contributed by atoms with Crippen molar-refractivity contribution in [3.63, 3.8) is 0 Å². The molecule has 0 aliphatic heterocycles. The van der Waals surface area contributed by atoms with Crippen LogP contribution in [-0.4, -0.2) is 11.6 Å². The van der Waals surface area contributed by atoms with E-state index >= 15 is 0 Å². The van der Waals surface area contributed by atoms with E-state index in [1.165, 1.54) is 16.8 Å². The Labute approximate surface area is 159 Å². The molecule has 0 spiro atoms. The van der Waals surface area contributed by atoms with E-state index in [0.717, 1.165) is 25.7 Å². The van der Waals surface area contributed by atoms with Gasteiger partial charge in [0.05, 0.1) is 0 Å². The van der Waals surface area contributed by atoms with Crippen LogP contribution in [0, 0.1) is 5.92 Å². The van der Waals surface area contributed by atoms with Crippen LogP contribution in [-0.2, 0) is 11.8 Å². The highest BCUT2D eigenvalue weighted by Gasteiger charge is 2.37. The summed E-state index contributed by atoms with van der Waals surface area (Å²) in [6.07, 6.45) is 4.31. The average Bonchev–Trinajstić information content (AvgIpc) is 2.59. The monoisotopic (exact) mass is 350 g/mol. The molecule has 140 valence electrons. The second-order valence-electron chi connectivity index (χ2n) is 9.24. The van der Waals surface area contributed by atoms with Crippen LogP contribution >= 0.6 is 0 Å². The fourth-order valence-electron chi connectivity index (χ4n) is 4.14. The van der Waals surface area contributed by atoms with Crippen LogP contribution in [0.15, 0.2) is 54.6 Å². The minimum absolute atomic E-state index is 0.0877. The molecule has 3 unspecified atom stereocenters. The summed E-state index contributed by atoms with van der Waals surface area (Å²) in [5.41, 5.74) is 10.9. The summed E-state index contributed by atoms with van der Waals surface area (Å²) in [4.78, 5) is 0. The number of anilines is 1. The first-order valence-electron chi connectivity index (χ1n) is 9.96. The van der Waals surface area contributed by atoms with E-state index in [1.54, 1.807) is 0 Å². The van der Waals surface area contributed by atoms with Crippen LogP contribution in [0.1, 0.15) is 58.1 Å². The standard InChI is InChI=1S/C24H34N2/c1-18-16-22(26-21-12-10-20(11-13-21)23(2,3)4)14-15-24(18,25)17-19-8-6-5-7-9-19/h5-13,18,22,26H,14-17,25H2,1-4H3. The van der Waals surface area contributed by atoms with Crippen molar-refractivity contribution in [1.82, 2.24) is 0 Å². The number of benzene rings is 2. The van der Waals surface area contributed by atoms with E-state index in [9.17, 15) is 0 Å². The van der Waals surface area contributed by atoms with Crippen LogP contribution in [0.2, 0.25) is 0 Å². The number of nitrogens with one attached hydrogen (secondary N) is 1. The molecule has 1 fully saturated rings. The van der Waals surface area contributed by atoms with E-state index in [-0.39, 0.29) is 11.0 Å². The van der Waals surface area contributed by atoms with Gasteiger partial charge in [-0.3, -0.25) is 0 Å². The lowest BCUT2D eigenvalue weighted by molar-refractivity contribution is 0.193. The van der Waals surface area contributed by atoms with E-state index in [2.05, 4.69) is 87.6 Å². The zero-order valence-corrected chi connectivity index (χ0v) is 16.8. The third kappa shape index (κ3) is 4.48. The predicted molar refractivity (Wildman–Crippen MR) is 113 cm³/mol. The molecule has 2 heteroatoms. The minimum Gasteiger partial charge on any atom is -0.382 e. The first-order chi connectivity index (χ1) is 12.3. The summed E-state index contributed by atoms with van der Waals surface area (Å²) in [5.74, 6) is 0.503. The van der Waals surface area contributed by atoms with Gasteiger partial charge in [0, 0.05) is 17.3 Å². The van der Waals surface area contributed by atoms with Crippen molar-refractivity contribution in [2.24, 2.45) is 11.7 Å². The third-order valence-electron chi connectivity index (χ3n) is 6.08. The van der Waals surface area contributed by atoms with Crippen molar-refractivity contribution in [2.75, 3.05) is 5.32 Å². The Kier molecular flexibility index (Phi) is 5.43. The molecule has 2 aromatic rings. The van der Waals surface area contributed by atoms with Gasteiger partial charge in [-0.15, -0.1) is 0 Å². The quantitative estimate of drug-likeness (QED) is 0.761. The van der Waals surface area contributed by atoms with Gasteiger partial charge in [0.2, 0.25) is 0 Å². The Balaban J connectivity index is 1.60. The number of hydrogen-bond acceptors (Lipinski definition) is 2. The van der Waals surface area contributed by atoms with Crippen molar-refractivity contribution in [2.45, 2.75) is 70.4 Å². The smallest absolute Gasteiger partial charge is 0.0342 e. The Morgan fingerprint density at radius 2 is 1.69 bits per heavy atom. The van der Waals surface area contributed by atoms with E-state index in [4.69, 9.17) is 5.73 Å². The third-order valence-corrected chi connectivity index (χ3v) is 6.08. The minimum atomic E-state index is -0.0877. The summed E-state index contributed by atoms with van der Waals surface area (Å²) in [6, 6.07) is 20.1. The molecule has 1 aliphatic carbocycles. The fourth-order valence-corrected chi connectivity index (χ4v) is 4.14. The van der Waals surface area contributed by atoms with Crippen LogP contribution in [0.25, 0.3) is 0 Å². The Bertz CT molecular complexity index is 699. The number of rotatable bonds is 4. The normalized spacial score (nSPS) is 26.5. The van der Waals surface area contributed by atoms with Crippen molar-refractivity contribution in [1.29, 1.82) is 0 Å². The number of hydrogen-bond donors (Lipinski definition) is 2. The molecule has 0 aromatic heterocycles. The SMILES string of the molecule is CC1CC(Nc2ccc(C(C)(C)C)cc2)CCC1(N)Cc1ccccc1. The molecular weight excluding hydrogens is 316 g/mol. The molecule has 1 saturated carbocycles. The average molecular weight is 351 g/mol. The van der Waals surface area contributed by atoms with Gasteiger partial charge in [-0.2, -0.15) is 0 Å². The van der Waals surface area contributed by atoms with Gasteiger partial charge < -0.3 is 11.1 Å². The van der Waals surface area contributed by atoms with Gasteiger partial charge >= 0.3 is 0 Å². The second-order valence-corrected chi connectivity index (χ2v) is 9.24. The maximum Gasteiger partial charge on any atom is 0.0342 e. The Hall–Kier alpha value is -1.80. The molecule has 2 nitrogen and oxygen atoms in total. The lowest BCUT2D eigenvalue weighted by Gasteiger charge is -2.43. The topological polar surface area (TPSA) is 38.0 Å². The molecule has 1 aliphatic rings. The lowest BCUT2D eigenvalue weighted by atomic mass is 9.69. The van der Waals surface area contributed by atoms with Gasteiger partial charge in [0.15, 0.2) is 0 Å². The first kappa shape index (κ1) is 19.0. The maximum absolute atomic E-state index is 6.83. The summed E-state index contributed by atoms with van der Waals surface area (Å²) in [6.45, 7) is 9.09. The summed E-state index contributed by atoms with van der Waals surface area (Å²) in [5, 5.41) is 3.74. The van der Waals surface area contributed by atoms with Gasteiger partial charge in [0.1, 0.15) is 0 Å². The van der Waals surface area contributed by atoms with Gasteiger partial charge in [-0.05, 0) is 60.3 Å². The highest BCUT2D eigenvalue weighted by atomic mass is 14.9. The zero-order chi connectivity index (χ0) is 18.8. The fraction of sp³-hybridized carbons (Fsp3) is 0.500. The molecule has 0 bridgehead atoms. The summed E-state index contributed by atoms with van der Waals surface area (Å²) in [7, 11) is 0. The van der Waals surface area contributed by atoms with Crippen molar-refractivity contribution < 1.29 is 0 Å². The van der Waals surface area contributed by atoms with E-state index in [0.29, 0.717) is 12.0 Å². The van der Waals surface area contributed by atoms with Crippen molar-refractivity contribution in [3.8, 4) is 0 Å². The molecule has 0 heterocycles. The first-order valence-corrected chi connectivity index (χ1v) is 9.96. The molecule has 3 N–H and O–H groups in total. The second kappa shape index (κ2) is 7.44. The van der Waals surface area contributed by atoms with Crippen molar-refractivity contribution in [3.05, 3.63) is 65.7 Å². The summed E-state index contributed by atoms with van der Waals surface area (Å²) < 4.78 is 0. The molecule has 3 rings (SSSR count). The zero-order valence-electron chi connectivity index (χ0n) is 16.8. The highest BCUT2D eigenvalue weighted by molar-refractivity contribution is 5.46.